The summed E-state index contributed by atoms with van der Waals surface area (Å²) in [6.07, 6.45) is 1.35. The molecule has 1 fully saturated rings. The van der Waals surface area contributed by atoms with Crippen LogP contribution in [0.5, 0.6) is 0 Å². The molecular weight excluding hydrogens is 274 g/mol. The van der Waals surface area contributed by atoms with E-state index in [2.05, 4.69) is 20.8 Å². The molecule has 5 heteroatoms. The first-order chi connectivity index (χ1) is 9.26. The van der Waals surface area contributed by atoms with Gasteiger partial charge in [-0.05, 0) is 29.9 Å². The van der Waals surface area contributed by atoms with Gasteiger partial charge in [0.2, 0.25) is 10.0 Å². The van der Waals surface area contributed by atoms with Crippen LogP contribution in [0.1, 0.15) is 27.2 Å². The smallest absolute Gasteiger partial charge is 0.243 e. The molecule has 4 nitrogen and oxygen atoms in total. The van der Waals surface area contributed by atoms with Crippen molar-refractivity contribution in [1.29, 1.82) is 0 Å². The third-order valence-electron chi connectivity index (χ3n) is 4.03. The van der Waals surface area contributed by atoms with Gasteiger partial charge in [-0.1, -0.05) is 39.0 Å². The Morgan fingerprint density at radius 2 is 1.80 bits per heavy atom. The Kier molecular flexibility index (Phi) is 4.02. The van der Waals surface area contributed by atoms with Gasteiger partial charge in [0, 0.05) is 6.54 Å². The van der Waals surface area contributed by atoms with E-state index in [1.54, 1.807) is 30.3 Å². The van der Waals surface area contributed by atoms with Crippen molar-refractivity contribution in [2.75, 3.05) is 6.54 Å². The summed E-state index contributed by atoms with van der Waals surface area (Å²) in [5.74, 6) is 0.191. The van der Waals surface area contributed by atoms with Gasteiger partial charge in [-0.15, -0.1) is 0 Å². The Bertz CT molecular complexity index is 575. The fourth-order valence-corrected chi connectivity index (χ4v) is 4.23. The van der Waals surface area contributed by atoms with Gasteiger partial charge in [0.15, 0.2) is 0 Å². The van der Waals surface area contributed by atoms with Crippen molar-refractivity contribution in [2.45, 2.75) is 38.1 Å². The summed E-state index contributed by atoms with van der Waals surface area (Å²) in [6, 6.07) is 7.76. The minimum Gasteiger partial charge on any atom is -0.302 e. The van der Waals surface area contributed by atoms with E-state index in [0.717, 1.165) is 6.29 Å². The SMILES string of the molecule is CC(C)(C)C1C[C@@H](C=O)N(S(=O)(=O)c2ccccc2)C1. The molecule has 1 aromatic carbocycles. The lowest BCUT2D eigenvalue weighted by Crippen LogP contribution is -2.37. The van der Waals surface area contributed by atoms with Crippen LogP contribution < -0.4 is 0 Å². The van der Waals surface area contributed by atoms with E-state index >= 15 is 0 Å². The van der Waals surface area contributed by atoms with Gasteiger partial charge in [-0.25, -0.2) is 8.42 Å². The highest BCUT2D eigenvalue weighted by atomic mass is 32.2. The zero-order valence-electron chi connectivity index (χ0n) is 12.1. The molecule has 1 saturated heterocycles. The number of carbonyl (C=O) groups is 1. The van der Waals surface area contributed by atoms with Crippen molar-refractivity contribution in [3.05, 3.63) is 30.3 Å². The number of hydrogen-bond donors (Lipinski definition) is 0. The number of rotatable bonds is 3. The molecule has 1 heterocycles. The summed E-state index contributed by atoms with van der Waals surface area (Å²) >= 11 is 0. The maximum Gasteiger partial charge on any atom is 0.243 e. The maximum absolute atomic E-state index is 12.6. The van der Waals surface area contributed by atoms with Crippen LogP contribution >= 0.6 is 0 Å². The van der Waals surface area contributed by atoms with Crippen LogP contribution in [0.25, 0.3) is 0 Å². The van der Waals surface area contributed by atoms with E-state index in [4.69, 9.17) is 0 Å². The average molecular weight is 295 g/mol. The van der Waals surface area contributed by atoms with Gasteiger partial charge in [-0.3, -0.25) is 0 Å². The highest BCUT2D eigenvalue weighted by molar-refractivity contribution is 7.89. The molecule has 0 bridgehead atoms. The normalized spacial score (nSPS) is 24.8. The van der Waals surface area contributed by atoms with Crippen molar-refractivity contribution >= 4 is 16.3 Å². The van der Waals surface area contributed by atoms with E-state index in [-0.39, 0.29) is 16.2 Å². The summed E-state index contributed by atoms with van der Waals surface area (Å²) in [5.41, 5.74) is -0.0117. The first-order valence-electron chi connectivity index (χ1n) is 6.79. The summed E-state index contributed by atoms with van der Waals surface area (Å²) in [6.45, 7) is 6.65. The molecule has 2 atom stereocenters. The molecule has 0 amide bonds. The molecular formula is C15H21NO3S. The molecule has 0 aliphatic carbocycles. The first kappa shape index (κ1) is 15.2. The van der Waals surface area contributed by atoms with Crippen molar-refractivity contribution in [3.63, 3.8) is 0 Å². The molecule has 20 heavy (non-hydrogen) atoms. The first-order valence-corrected chi connectivity index (χ1v) is 8.23. The molecule has 0 N–H and O–H groups in total. The van der Waals surface area contributed by atoms with Crippen molar-refractivity contribution in [2.24, 2.45) is 11.3 Å². The quantitative estimate of drug-likeness (QED) is 0.804. The third-order valence-corrected chi connectivity index (χ3v) is 5.93. The summed E-state index contributed by atoms with van der Waals surface area (Å²) in [7, 11) is -3.59. The van der Waals surface area contributed by atoms with Crippen molar-refractivity contribution in [1.82, 2.24) is 4.31 Å². The Balaban J connectivity index is 2.34. The zero-order chi connectivity index (χ0) is 15.0. The molecule has 1 unspecified atom stereocenters. The lowest BCUT2D eigenvalue weighted by molar-refractivity contribution is -0.110. The molecule has 0 radical (unpaired) electrons. The van der Waals surface area contributed by atoms with Crippen LogP contribution in [0.3, 0.4) is 0 Å². The van der Waals surface area contributed by atoms with Crippen LogP contribution in [0.2, 0.25) is 0 Å². The van der Waals surface area contributed by atoms with Crippen LogP contribution in [0, 0.1) is 11.3 Å². The van der Waals surface area contributed by atoms with E-state index in [1.807, 2.05) is 0 Å². The van der Waals surface area contributed by atoms with Gasteiger partial charge in [0.05, 0.1) is 10.9 Å². The number of aldehydes is 1. The maximum atomic E-state index is 12.6. The predicted molar refractivity (Wildman–Crippen MR) is 77.7 cm³/mol. The molecule has 1 aromatic rings. The van der Waals surface area contributed by atoms with E-state index in [0.29, 0.717) is 13.0 Å². The standard InChI is InChI=1S/C15H21NO3S/c1-15(2,3)12-9-13(11-17)16(10-12)20(18,19)14-7-5-4-6-8-14/h4-8,11-13H,9-10H2,1-3H3/t12?,13-/m0/s1. The molecule has 1 aliphatic heterocycles. The minimum absolute atomic E-state index is 0.0117. The second kappa shape index (κ2) is 5.30. The second-order valence-electron chi connectivity index (χ2n) is 6.39. The van der Waals surface area contributed by atoms with Gasteiger partial charge in [0.1, 0.15) is 6.29 Å². The minimum atomic E-state index is -3.59. The topological polar surface area (TPSA) is 54.5 Å². The number of benzene rings is 1. The Morgan fingerprint density at radius 1 is 1.20 bits per heavy atom. The van der Waals surface area contributed by atoms with Crippen LogP contribution in [0.4, 0.5) is 0 Å². The Labute approximate surface area is 120 Å². The van der Waals surface area contributed by atoms with Crippen LogP contribution in [0.15, 0.2) is 35.2 Å². The molecule has 110 valence electrons. The fraction of sp³-hybridized carbons (Fsp3) is 0.533. The highest BCUT2D eigenvalue weighted by Crippen LogP contribution is 2.38. The largest absolute Gasteiger partial charge is 0.302 e. The summed E-state index contributed by atoms with van der Waals surface area (Å²) in [5, 5.41) is 0. The van der Waals surface area contributed by atoms with E-state index in [9.17, 15) is 13.2 Å². The molecule has 0 saturated carbocycles. The van der Waals surface area contributed by atoms with E-state index in [1.165, 1.54) is 4.31 Å². The summed E-state index contributed by atoms with van der Waals surface area (Å²) in [4.78, 5) is 11.5. The molecule has 1 aliphatic rings. The molecule has 2 rings (SSSR count). The predicted octanol–water partition coefficient (Wildman–Crippen LogP) is 2.31. The molecule has 0 spiro atoms. The lowest BCUT2D eigenvalue weighted by Gasteiger charge is -2.26. The summed E-state index contributed by atoms with van der Waals surface area (Å²) < 4.78 is 26.6. The Morgan fingerprint density at radius 3 is 2.30 bits per heavy atom. The fourth-order valence-electron chi connectivity index (χ4n) is 2.59. The number of hydrogen-bond acceptors (Lipinski definition) is 3. The van der Waals surface area contributed by atoms with E-state index < -0.39 is 16.1 Å². The lowest BCUT2D eigenvalue weighted by atomic mass is 9.79. The average Bonchev–Trinajstić information content (AvgIpc) is 2.84. The third kappa shape index (κ3) is 2.79. The number of sulfonamides is 1. The number of nitrogens with zero attached hydrogens (tertiary/aromatic N) is 1. The Hall–Kier alpha value is -1.20. The van der Waals surface area contributed by atoms with Gasteiger partial charge in [0.25, 0.3) is 0 Å². The van der Waals surface area contributed by atoms with Crippen LogP contribution in [-0.4, -0.2) is 31.6 Å². The monoisotopic (exact) mass is 295 g/mol. The van der Waals surface area contributed by atoms with Gasteiger partial charge >= 0.3 is 0 Å². The van der Waals surface area contributed by atoms with Crippen molar-refractivity contribution in [3.8, 4) is 0 Å². The second-order valence-corrected chi connectivity index (χ2v) is 8.28. The van der Waals surface area contributed by atoms with Gasteiger partial charge < -0.3 is 4.79 Å². The van der Waals surface area contributed by atoms with Crippen molar-refractivity contribution < 1.29 is 13.2 Å². The number of carbonyl (C=O) groups excluding carboxylic acids is 1. The van der Waals surface area contributed by atoms with Crippen LogP contribution in [-0.2, 0) is 14.8 Å². The van der Waals surface area contributed by atoms with Gasteiger partial charge in [-0.2, -0.15) is 4.31 Å². The highest BCUT2D eigenvalue weighted by Gasteiger charge is 2.43. The molecule has 0 aromatic heterocycles. The zero-order valence-corrected chi connectivity index (χ0v) is 12.9.